The standard InChI is InChI=1S/C78H67BN2O/c1-76(2,3)59-42-57(43-60(49-59)77(4,5)6)58-47-71-73-72(48-58)81(69-35-23-33-62-61-32-22-34-64(78(7,8)9)74(61)82-75(62)69)70-46-56(52-28-18-12-19-29-52)36-39-65(70)79(73)66-45-55(51-26-16-11-17-27-51)38-41-68(66)80(71)67-40-37-54(50-24-14-10-15-25-50)44-63(67)53-30-20-13-21-31-53/h10-49H,1-9H3/i11D,12D,16D,17D,18D,19D,26D,27D,28D,29D. The molecule has 398 valence electrons. The summed E-state index contributed by atoms with van der Waals surface area (Å²) in [4.78, 5) is 4.59. The number of fused-ring (bicyclic) bond motifs is 7. The van der Waals surface area contributed by atoms with E-state index in [1.807, 2.05) is 60.7 Å². The summed E-state index contributed by atoms with van der Waals surface area (Å²) in [5.41, 5.74) is 18.0. The Balaban J connectivity index is 1.18. The Bertz CT molecular complexity index is 4990. The number of benzene rings is 11. The summed E-state index contributed by atoms with van der Waals surface area (Å²) < 4.78 is 97.8. The van der Waals surface area contributed by atoms with Gasteiger partial charge in [0.2, 0.25) is 0 Å². The molecule has 0 atom stereocenters. The van der Waals surface area contributed by atoms with E-state index < -0.39 is 43.0 Å². The lowest BCUT2D eigenvalue weighted by molar-refractivity contribution is 0.569. The summed E-state index contributed by atoms with van der Waals surface area (Å²) in [5, 5.41) is 1.85. The third-order valence-corrected chi connectivity index (χ3v) is 16.6. The molecule has 0 fully saturated rings. The average Bonchev–Trinajstić information content (AvgIpc) is 0.801. The van der Waals surface area contributed by atoms with Crippen LogP contribution in [0.15, 0.2) is 247 Å². The van der Waals surface area contributed by atoms with Gasteiger partial charge in [-0.2, -0.15) is 0 Å². The van der Waals surface area contributed by atoms with E-state index in [9.17, 15) is 5.48 Å². The van der Waals surface area contributed by atoms with Crippen LogP contribution >= 0.6 is 0 Å². The van der Waals surface area contributed by atoms with Crippen molar-refractivity contribution >= 4 is 79.2 Å². The van der Waals surface area contributed by atoms with Gasteiger partial charge in [-0.25, -0.2) is 0 Å². The monoisotopic (exact) mass is 1070 g/mol. The van der Waals surface area contributed by atoms with Crippen LogP contribution < -0.4 is 26.2 Å². The first-order chi connectivity index (χ1) is 43.7. The maximum absolute atomic E-state index is 9.39. The number of anilines is 6. The van der Waals surface area contributed by atoms with Gasteiger partial charge in [0, 0.05) is 44.6 Å². The highest BCUT2D eigenvalue weighted by molar-refractivity contribution is 7.00. The zero-order chi connectivity index (χ0) is 64.9. The highest BCUT2D eigenvalue weighted by atomic mass is 16.3. The second-order valence-electron chi connectivity index (χ2n) is 25.0. The van der Waals surface area contributed by atoms with Gasteiger partial charge in [0.25, 0.3) is 6.71 Å². The van der Waals surface area contributed by atoms with Gasteiger partial charge in [-0.15, -0.1) is 0 Å². The second kappa shape index (κ2) is 19.3. The van der Waals surface area contributed by atoms with Gasteiger partial charge >= 0.3 is 0 Å². The fourth-order valence-corrected chi connectivity index (χ4v) is 12.4. The molecule has 12 aromatic rings. The van der Waals surface area contributed by atoms with Crippen LogP contribution in [0.5, 0.6) is 0 Å². The van der Waals surface area contributed by atoms with E-state index in [4.69, 9.17) is 12.6 Å². The van der Waals surface area contributed by atoms with Crippen LogP contribution in [-0.4, -0.2) is 6.71 Å². The lowest BCUT2D eigenvalue weighted by Crippen LogP contribution is -2.61. The van der Waals surface area contributed by atoms with Crippen molar-refractivity contribution in [1.82, 2.24) is 0 Å². The molecule has 0 N–H and O–H groups in total. The first-order valence-electron chi connectivity index (χ1n) is 33.3. The normalized spacial score (nSPS) is 14.8. The van der Waals surface area contributed by atoms with Gasteiger partial charge in [0.15, 0.2) is 5.58 Å². The number of furan rings is 1. The number of hydrogen-bond acceptors (Lipinski definition) is 3. The van der Waals surface area contributed by atoms with Crippen LogP contribution in [0.1, 0.15) is 92.7 Å². The summed E-state index contributed by atoms with van der Waals surface area (Å²) >= 11 is 0. The molecule has 3 heterocycles. The Morgan fingerprint density at radius 1 is 0.341 bits per heavy atom. The Kier molecular flexibility index (Phi) is 9.63. The van der Waals surface area contributed by atoms with Crippen molar-refractivity contribution < 1.29 is 18.1 Å². The predicted octanol–water partition coefficient (Wildman–Crippen LogP) is 19.9. The minimum Gasteiger partial charge on any atom is -0.454 e. The van der Waals surface area contributed by atoms with Crippen molar-refractivity contribution in [3.05, 3.63) is 259 Å². The minimum absolute atomic E-state index is 0.0514. The van der Waals surface area contributed by atoms with Crippen molar-refractivity contribution in [3.8, 4) is 55.6 Å². The van der Waals surface area contributed by atoms with Crippen molar-refractivity contribution in [2.75, 3.05) is 9.80 Å². The maximum atomic E-state index is 9.39. The Hall–Kier alpha value is -9.12. The van der Waals surface area contributed by atoms with Gasteiger partial charge in [-0.1, -0.05) is 262 Å². The predicted molar refractivity (Wildman–Crippen MR) is 351 cm³/mol. The fraction of sp³-hybridized carbons (Fsp3) is 0.154. The van der Waals surface area contributed by atoms with Crippen molar-refractivity contribution in [1.29, 1.82) is 0 Å². The first-order valence-corrected chi connectivity index (χ1v) is 28.3. The Morgan fingerprint density at radius 3 is 1.46 bits per heavy atom. The van der Waals surface area contributed by atoms with Gasteiger partial charge < -0.3 is 14.2 Å². The largest absolute Gasteiger partial charge is 0.454 e. The average molecular weight is 1070 g/mol. The topological polar surface area (TPSA) is 19.6 Å². The molecule has 3 nitrogen and oxygen atoms in total. The molecule has 0 amide bonds. The smallest absolute Gasteiger partial charge is 0.252 e. The summed E-state index contributed by atoms with van der Waals surface area (Å²) in [6, 6.07) is 59.0. The molecule has 82 heavy (non-hydrogen) atoms. The van der Waals surface area contributed by atoms with E-state index in [1.54, 1.807) is 0 Å². The van der Waals surface area contributed by atoms with Crippen molar-refractivity contribution in [3.63, 3.8) is 0 Å². The van der Waals surface area contributed by atoms with Crippen LogP contribution in [0.25, 0.3) is 77.6 Å². The third-order valence-electron chi connectivity index (χ3n) is 16.6. The van der Waals surface area contributed by atoms with E-state index in [-0.39, 0.29) is 51.5 Å². The summed E-state index contributed by atoms with van der Waals surface area (Å²) in [6.07, 6.45) is 0. The zero-order valence-corrected chi connectivity index (χ0v) is 47.7. The van der Waals surface area contributed by atoms with Crippen molar-refractivity contribution in [2.45, 2.75) is 78.6 Å². The summed E-state index contributed by atoms with van der Waals surface area (Å²) in [7, 11) is 0. The van der Waals surface area contributed by atoms with Gasteiger partial charge in [-0.3, -0.25) is 0 Å². The molecular formula is C78H67BN2O. The van der Waals surface area contributed by atoms with Crippen LogP contribution in [0.4, 0.5) is 34.1 Å². The van der Waals surface area contributed by atoms with E-state index in [2.05, 4.69) is 193 Å². The molecule has 0 bridgehead atoms. The molecule has 1 aromatic heterocycles. The fourth-order valence-electron chi connectivity index (χ4n) is 12.4. The molecule has 14 rings (SSSR count). The molecule has 0 spiro atoms. The van der Waals surface area contributed by atoms with E-state index >= 15 is 0 Å². The number of para-hydroxylation sites is 2. The molecule has 0 saturated carbocycles. The molecule has 0 saturated heterocycles. The first kappa shape index (κ1) is 41.0. The van der Waals surface area contributed by atoms with Crippen LogP contribution in [0.2, 0.25) is 0 Å². The zero-order valence-electron chi connectivity index (χ0n) is 57.7. The highest BCUT2D eigenvalue weighted by Gasteiger charge is 2.45. The Morgan fingerprint density at radius 2 is 0.854 bits per heavy atom. The molecule has 4 heteroatoms. The lowest BCUT2D eigenvalue weighted by Gasteiger charge is -2.45. The molecule has 0 radical (unpaired) electrons. The minimum atomic E-state index is -0.637. The molecule has 2 aliphatic rings. The van der Waals surface area contributed by atoms with Gasteiger partial charge in [-0.05, 0) is 136 Å². The van der Waals surface area contributed by atoms with Crippen LogP contribution in [-0.2, 0) is 16.2 Å². The number of nitrogens with zero attached hydrogens (tertiary/aromatic N) is 2. The maximum Gasteiger partial charge on any atom is 0.252 e. The van der Waals surface area contributed by atoms with E-state index in [0.717, 1.165) is 94.4 Å². The molecule has 2 aliphatic heterocycles. The van der Waals surface area contributed by atoms with E-state index in [0.29, 0.717) is 28.1 Å². The number of hydrogen-bond donors (Lipinski definition) is 0. The van der Waals surface area contributed by atoms with Crippen LogP contribution in [0.3, 0.4) is 0 Å². The molecule has 11 aromatic carbocycles. The van der Waals surface area contributed by atoms with Crippen molar-refractivity contribution in [2.24, 2.45) is 0 Å². The van der Waals surface area contributed by atoms with Crippen LogP contribution in [0, 0.1) is 0 Å². The number of rotatable bonds is 7. The quantitative estimate of drug-likeness (QED) is 0.148. The Labute approximate surface area is 498 Å². The third kappa shape index (κ3) is 8.66. The lowest BCUT2D eigenvalue weighted by atomic mass is 9.33. The molecule has 0 aliphatic carbocycles. The van der Waals surface area contributed by atoms with E-state index in [1.165, 1.54) is 11.1 Å². The van der Waals surface area contributed by atoms with Gasteiger partial charge in [0.1, 0.15) is 5.58 Å². The second-order valence-corrected chi connectivity index (χ2v) is 25.0. The summed E-state index contributed by atoms with van der Waals surface area (Å²) in [6.45, 7) is 19.4. The van der Waals surface area contributed by atoms with Gasteiger partial charge in [0.05, 0.1) is 25.1 Å². The molecular weight excluding hydrogens is 992 g/mol. The highest BCUT2D eigenvalue weighted by Crippen LogP contribution is 2.52. The molecule has 0 unspecified atom stereocenters. The SMILES string of the molecule is [2H]c1c([2H])c([2H])c(-c2ccc3c(c2)B2c4ccc(-c5c([2H])c([2H])c([2H])c([2H])c5[2H])cc4N(c4cccc5c4oc4c(C(C)(C)C)cccc45)c4cc(-c5cc(C(C)(C)C)cc(C(C)(C)C)c5)cc(c42)N3c2ccc(-c3ccccc3)cc2-c2ccccc2)c([2H])c1[2H]. The summed E-state index contributed by atoms with van der Waals surface area (Å²) in [5.74, 6) is 0.